The third-order valence-corrected chi connectivity index (χ3v) is 3.40. The van der Waals surface area contributed by atoms with Gasteiger partial charge in [-0.25, -0.2) is 4.98 Å². The van der Waals surface area contributed by atoms with E-state index in [2.05, 4.69) is 11.1 Å². The van der Waals surface area contributed by atoms with Crippen LogP contribution in [0.1, 0.15) is 33.1 Å². The molecule has 0 amide bonds. The number of ether oxygens (including phenoxy) is 1. The molecule has 4 heteroatoms. The number of rotatable bonds is 7. The van der Waals surface area contributed by atoms with Gasteiger partial charge in [0.05, 0.1) is 30.1 Å². The maximum Gasteiger partial charge on any atom is 0.143 e. The summed E-state index contributed by atoms with van der Waals surface area (Å²) >= 11 is 0. The van der Waals surface area contributed by atoms with E-state index in [0.29, 0.717) is 6.61 Å². The Morgan fingerprint density at radius 2 is 2.10 bits per heavy atom. The lowest BCUT2D eigenvalue weighted by molar-refractivity contribution is 0.294. The molecule has 0 unspecified atom stereocenters. The topological polar surface area (TPSA) is 50.8 Å². The average Bonchev–Trinajstić information content (AvgIpc) is 3.01. The molecule has 0 N–H and O–H groups in total. The van der Waals surface area contributed by atoms with Crippen molar-refractivity contribution >= 4 is 0 Å². The Labute approximate surface area is 126 Å². The van der Waals surface area contributed by atoms with Crippen molar-refractivity contribution in [3.8, 4) is 17.5 Å². The predicted molar refractivity (Wildman–Crippen MR) is 82.3 cm³/mol. The Morgan fingerprint density at radius 1 is 1.29 bits per heavy atom. The lowest BCUT2D eigenvalue weighted by atomic mass is 9.89. The largest absolute Gasteiger partial charge is 0.491 e. The minimum absolute atomic E-state index is 0.241. The summed E-state index contributed by atoms with van der Waals surface area (Å²) in [5.74, 6) is 0.857. The molecule has 0 radical (unpaired) electrons. The number of hydrogen-bond donors (Lipinski definition) is 0. The summed E-state index contributed by atoms with van der Waals surface area (Å²) in [7, 11) is 0. The molecule has 1 heterocycles. The van der Waals surface area contributed by atoms with Crippen molar-refractivity contribution in [2.45, 2.75) is 33.1 Å². The lowest BCUT2D eigenvalue weighted by Crippen LogP contribution is -2.08. The van der Waals surface area contributed by atoms with Crippen molar-refractivity contribution < 1.29 is 4.74 Å². The number of para-hydroxylation sites is 2. The van der Waals surface area contributed by atoms with Gasteiger partial charge in [0.15, 0.2) is 0 Å². The van der Waals surface area contributed by atoms with Gasteiger partial charge in [-0.2, -0.15) is 5.26 Å². The van der Waals surface area contributed by atoms with E-state index in [1.165, 1.54) is 0 Å². The van der Waals surface area contributed by atoms with Gasteiger partial charge in [0.25, 0.3) is 0 Å². The second-order valence-electron chi connectivity index (χ2n) is 5.74. The van der Waals surface area contributed by atoms with Crippen molar-refractivity contribution in [2.24, 2.45) is 5.41 Å². The third-order valence-electron chi connectivity index (χ3n) is 3.40. The number of hydrogen-bond acceptors (Lipinski definition) is 3. The van der Waals surface area contributed by atoms with Gasteiger partial charge >= 0.3 is 0 Å². The molecule has 0 atom stereocenters. The zero-order chi connectivity index (χ0) is 15.1. The Hall–Kier alpha value is -2.28. The van der Waals surface area contributed by atoms with Crippen LogP contribution in [0.25, 0.3) is 5.69 Å². The molecule has 0 saturated carbocycles. The first-order chi connectivity index (χ1) is 10.1. The molecule has 0 aliphatic carbocycles. The Balaban J connectivity index is 1.86. The van der Waals surface area contributed by atoms with Gasteiger partial charge in [0, 0.05) is 12.4 Å². The van der Waals surface area contributed by atoms with E-state index in [1.807, 2.05) is 48.9 Å². The fourth-order valence-electron chi connectivity index (χ4n) is 2.10. The SMILES string of the molecule is CC(C)(C#N)CCCCOc1ccccc1-n1ccnc1. The van der Waals surface area contributed by atoms with Gasteiger partial charge in [0.2, 0.25) is 0 Å². The first-order valence-electron chi connectivity index (χ1n) is 7.24. The maximum absolute atomic E-state index is 8.98. The standard InChI is InChI=1S/C17H21N3O/c1-17(2,13-18)9-5-6-12-21-16-8-4-3-7-15(16)20-11-10-19-14-20/h3-4,7-8,10-11,14H,5-6,9,12H2,1-2H3. The van der Waals surface area contributed by atoms with Crippen LogP contribution < -0.4 is 4.74 Å². The average molecular weight is 283 g/mol. The first kappa shape index (κ1) is 15.1. The Morgan fingerprint density at radius 3 is 2.81 bits per heavy atom. The van der Waals surface area contributed by atoms with Crippen molar-refractivity contribution in [1.82, 2.24) is 9.55 Å². The highest BCUT2D eigenvalue weighted by atomic mass is 16.5. The van der Waals surface area contributed by atoms with Crippen molar-refractivity contribution in [3.63, 3.8) is 0 Å². The van der Waals surface area contributed by atoms with Crippen molar-refractivity contribution in [2.75, 3.05) is 6.61 Å². The van der Waals surface area contributed by atoms with Crippen molar-refractivity contribution in [3.05, 3.63) is 43.0 Å². The molecule has 2 rings (SSSR count). The molecule has 0 bridgehead atoms. The molecular weight excluding hydrogens is 262 g/mol. The van der Waals surface area contributed by atoms with E-state index in [1.54, 1.807) is 12.5 Å². The fourth-order valence-corrected chi connectivity index (χ4v) is 2.10. The van der Waals surface area contributed by atoms with E-state index < -0.39 is 0 Å². The molecule has 0 spiro atoms. The van der Waals surface area contributed by atoms with E-state index >= 15 is 0 Å². The van der Waals surface area contributed by atoms with Crippen LogP contribution in [0, 0.1) is 16.7 Å². The summed E-state index contributed by atoms with van der Waals surface area (Å²) < 4.78 is 7.82. The summed E-state index contributed by atoms with van der Waals surface area (Å²) in [5, 5.41) is 8.98. The molecule has 21 heavy (non-hydrogen) atoms. The number of benzene rings is 1. The monoisotopic (exact) mass is 283 g/mol. The van der Waals surface area contributed by atoms with E-state index in [9.17, 15) is 0 Å². The van der Waals surface area contributed by atoms with Crippen molar-refractivity contribution in [1.29, 1.82) is 5.26 Å². The van der Waals surface area contributed by atoms with Crippen LogP contribution in [0.15, 0.2) is 43.0 Å². The van der Waals surface area contributed by atoms with Gasteiger partial charge in [0.1, 0.15) is 5.75 Å². The maximum atomic E-state index is 8.98. The van der Waals surface area contributed by atoms with Gasteiger partial charge < -0.3 is 9.30 Å². The summed E-state index contributed by atoms with van der Waals surface area (Å²) in [6.45, 7) is 4.61. The molecule has 2 aromatic rings. The van der Waals surface area contributed by atoms with Crippen LogP contribution in [-0.2, 0) is 0 Å². The second-order valence-corrected chi connectivity index (χ2v) is 5.74. The second kappa shape index (κ2) is 6.94. The van der Waals surface area contributed by atoms with Gasteiger partial charge in [-0.05, 0) is 45.2 Å². The van der Waals surface area contributed by atoms with Crippen LogP contribution in [0.3, 0.4) is 0 Å². The molecule has 110 valence electrons. The normalized spacial score (nSPS) is 11.1. The van der Waals surface area contributed by atoms with E-state index in [-0.39, 0.29) is 5.41 Å². The molecule has 1 aromatic heterocycles. The summed E-state index contributed by atoms with van der Waals surface area (Å²) in [4.78, 5) is 4.06. The summed E-state index contributed by atoms with van der Waals surface area (Å²) in [6.07, 6.45) is 8.25. The van der Waals surface area contributed by atoms with Gasteiger partial charge in [-0.15, -0.1) is 0 Å². The first-order valence-corrected chi connectivity index (χ1v) is 7.24. The summed E-state index contributed by atoms with van der Waals surface area (Å²) in [6, 6.07) is 10.3. The van der Waals surface area contributed by atoms with Crippen LogP contribution in [0.4, 0.5) is 0 Å². The van der Waals surface area contributed by atoms with E-state index in [0.717, 1.165) is 30.7 Å². The smallest absolute Gasteiger partial charge is 0.143 e. The molecule has 4 nitrogen and oxygen atoms in total. The highest BCUT2D eigenvalue weighted by Crippen LogP contribution is 2.24. The van der Waals surface area contributed by atoms with Crippen LogP contribution in [0.5, 0.6) is 5.75 Å². The number of imidazole rings is 1. The number of nitriles is 1. The zero-order valence-corrected chi connectivity index (χ0v) is 12.6. The van der Waals surface area contributed by atoms with Crippen LogP contribution in [0.2, 0.25) is 0 Å². The predicted octanol–water partition coefficient (Wildman–Crippen LogP) is 3.97. The third kappa shape index (κ3) is 4.35. The highest BCUT2D eigenvalue weighted by Gasteiger charge is 2.15. The Bertz CT molecular complexity index is 597. The summed E-state index contributed by atoms with van der Waals surface area (Å²) in [5.41, 5.74) is 0.752. The lowest BCUT2D eigenvalue weighted by Gasteiger charge is -2.15. The number of aromatic nitrogens is 2. The zero-order valence-electron chi connectivity index (χ0n) is 12.6. The highest BCUT2D eigenvalue weighted by molar-refractivity contribution is 5.46. The van der Waals surface area contributed by atoms with Crippen LogP contribution in [-0.4, -0.2) is 16.2 Å². The quantitative estimate of drug-likeness (QED) is 0.722. The molecule has 0 fully saturated rings. The minimum Gasteiger partial charge on any atom is -0.491 e. The molecule has 0 aliphatic heterocycles. The number of nitrogens with zero attached hydrogens (tertiary/aromatic N) is 3. The molecular formula is C17H21N3O. The molecule has 0 saturated heterocycles. The minimum atomic E-state index is -0.241. The van der Waals surface area contributed by atoms with E-state index in [4.69, 9.17) is 10.00 Å². The van der Waals surface area contributed by atoms with Gasteiger partial charge in [-0.1, -0.05) is 12.1 Å². The molecule has 0 aliphatic rings. The molecule has 1 aromatic carbocycles. The van der Waals surface area contributed by atoms with Crippen LogP contribution >= 0.6 is 0 Å². The number of unbranched alkanes of at least 4 members (excludes halogenated alkanes) is 1. The fraction of sp³-hybridized carbons (Fsp3) is 0.412. The Kier molecular flexibility index (Phi) is 4.99. The van der Waals surface area contributed by atoms with Gasteiger partial charge in [-0.3, -0.25) is 0 Å².